The zero-order valence-electron chi connectivity index (χ0n) is 26.9. The van der Waals surface area contributed by atoms with Crippen LogP contribution in [0.2, 0.25) is 0 Å². The SMILES string of the molecule is O=C(CCCCCNC(=O)c1cccc(CN[C@H](C(=O)OC2CCCC2)c2ccccc2)c1)NOCC1CCCCCCCC1. The number of unbranched alkanes of at least 4 members (excludes halogenated alkanes) is 2. The van der Waals surface area contributed by atoms with E-state index >= 15 is 0 Å². The average molecular weight is 620 g/mol. The molecular weight excluding hydrogens is 566 g/mol. The first-order valence-corrected chi connectivity index (χ1v) is 17.3. The maximum atomic E-state index is 13.1. The van der Waals surface area contributed by atoms with Crippen molar-refractivity contribution in [2.75, 3.05) is 13.2 Å². The van der Waals surface area contributed by atoms with E-state index in [4.69, 9.17) is 9.57 Å². The maximum Gasteiger partial charge on any atom is 0.328 e. The molecule has 2 aliphatic rings. The number of esters is 1. The predicted octanol–water partition coefficient (Wildman–Crippen LogP) is 7.09. The summed E-state index contributed by atoms with van der Waals surface area (Å²) in [7, 11) is 0. The maximum absolute atomic E-state index is 13.1. The number of amides is 2. The highest BCUT2D eigenvalue weighted by atomic mass is 16.7. The summed E-state index contributed by atoms with van der Waals surface area (Å²) in [5.41, 5.74) is 4.98. The molecule has 2 fully saturated rings. The van der Waals surface area contributed by atoms with Crippen LogP contribution in [0.1, 0.15) is 130 Å². The van der Waals surface area contributed by atoms with Crippen LogP contribution >= 0.6 is 0 Å². The van der Waals surface area contributed by atoms with Gasteiger partial charge in [-0.25, -0.2) is 10.3 Å². The summed E-state index contributed by atoms with van der Waals surface area (Å²) >= 11 is 0. The van der Waals surface area contributed by atoms with Crippen LogP contribution in [-0.2, 0) is 25.7 Å². The van der Waals surface area contributed by atoms with Gasteiger partial charge < -0.3 is 10.1 Å². The van der Waals surface area contributed by atoms with Crippen molar-refractivity contribution < 1.29 is 24.0 Å². The fraction of sp³-hybridized carbons (Fsp3) is 0.595. The second-order valence-electron chi connectivity index (χ2n) is 12.7. The number of benzene rings is 2. The van der Waals surface area contributed by atoms with E-state index in [2.05, 4.69) is 16.1 Å². The van der Waals surface area contributed by atoms with E-state index in [0.717, 1.165) is 56.1 Å². The fourth-order valence-electron chi connectivity index (χ4n) is 6.33. The summed E-state index contributed by atoms with van der Waals surface area (Å²) < 4.78 is 5.82. The number of hydroxylamine groups is 1. The summed E-state index contributed by atoms with van der Waals surface area (Å²) in [6, 6.07) is 16.5. The van der Waals surface area contributed by atoms with Crippen LogP contribution in [0, 0.1) is 5.92 Å². The molecule has 45 heavy (non-hydrogen) atoms. The Kier molecular flexibility index (Phi) is 15.4. The van der Waals surface area contributed by atoms with Gasteiger partial charge in [0.1, 0.15) is 12.1 Å². The number of nitrogens with one attached hydrogen (secondary N) is 3. The Labute approximate surface area is 269 Å². The van der Waals surface area contributed by atoms with Gasteiger partial charge in [0, 0.05) is 25.1 Å². The summed E-state index contributed by atoms with van der Waals surface area (Å²) in [5, 5.41) is 6.35. The highest BCUT2D eigenvalue weighted by Crippen LogP contribution is 2.25. The third kappa shape index (κ3) is 13.0. The molecule has 2 aromatic carbocycles. The van der Waals surface area contributed by atoms with Crippen molar-refractivity contribution in [1.82, 2.24) is 16.1 Å². The summed E-state index contributed by atoms with van der Waals surface area (Å²) in [5.74, 6) is 0.0785. The van der Waals surface area contributed by atoms with Gasteiger partial charge in [0.15, 0.2) is 0 Å². The molecule has 4 rings (SSSR count). The van der Waals surface area contributed by atoms with E-state index in [1.807, 2.05) is 48.5 Å². The Morgan fingerprint density at radius 2 is 1.49 bits per heavy atom. The lowest BCUT2D eigenvalue weighted by molar-refractivity contribution is -0.151. The number of hydrogen-bond donors (Lipinski definition) is 3. The smallest absolute Gasteiger partial charge is 0.328 e. The zero-order valence-corrected chi connectivity index (χ0v) is 26.9. The zero-order chi connectivity index (χ0) is 31.5. The summed E-state index contributed by atoms with van der Waals surface area (Å²) in [4.78, 5) is 43.6. The van der Waals surface area contributed by atoms with Crippen molar-refractivity contribution in [2.24, 2.45) is 5.92 Å². The van der Waals surface area contributed by atoms with Gasteiger partial charge in [0.25, 0.3) is 5.91 Å². The Morgan fingerprint density at radius 1 is 0.778 bits per heavy atom. The predicted molar refractivity (Wildman–Crippen MR) is 176 cm³/mol. The molecule has 8 nitrogen and oxygen atoms in total. The van der Waals surface area contributed by atoms with E-state index in [1.54, 1.807) is 6.07 Å². The standard InChI is InChI=1S/C37H53N3O5/c41-34(40-44-28-29-16-7-3-1-2-4-8-17-29)24-11-6-14-25-38-36(42)32-21-15-18-30(26-32)27-39-35(31-19-9-5-10-20-31)37(43)45-33-22-12-13-23-33/h5,9-10,15,18-21,26,29,33,35,39H,1-4,6-8,11-14,16-17,22-25,27-28H2,(H,38,42)(H,40,41)/t35-/m0/s1. The molecule has 0 spiro atoms. The van der Waals surface area contributed by atoms with Gasteiger partial charge in [-0.15, -0.1) is 0 Å². The molecule has 1 atom stereocenters. The molecule has 2 aromatic rings. The van der Waals surface area contributed by atoms with Crippen LogP contribution in [-0.4, -0.2) is 37.0 Å². The quantitative estimate of drug-likeness (QED) is 0.105. The van der Waals surface area contributed by atoms with Gasteiger partial charge in [0.05, 0.1) is 6.61 Å². The van der Waals surface area contributed by atoms with Crippen LogP contribution in [0.3, 0.4) is 0 Å². The number of hydrogen-bond acceptors (Lipinski definition) is 6. The lowest BCUT2D eigenvalue weighted by atomic mass is 9.98. The second kappa shape index (κ2) is 20.0. The van der Waals surface area contributed by atoms with Gasteiger partial charge in [-0.1, -0.05) is 87.4 Å². The van der Waals surface area contributed by atoms with Crippen LogP contribution in [0.15, 0.2) is 54.6 Å². The fourth-order valence-corrected chi connectivity index (χ4v) is 6.33. The highest BCUT2D eigenvalue weighted by Gasteiger charge is 2.26. The Hall–Kier alpha value is -3.23. The lowest BCUT2D eigenvalue weighted by Crippen LogP contribution is -2.32. The van der Waals surface area contributed by atoms with Gasteiger partial charge in [0.2, 0.25) is 5.91 Å². The van der Waals surface area contributed by atoms with Crippen molar-refractivity contribution in [1.29, 1.82) is 0 Å². The van der Waals surface area contributed by atoms with Crippen molar-refractivity contribution >= 4 is 17.8 Å². The van der Waals surface area contributed by atoms with E-state index < -0.39 is 6.04 Å². The molecule has 0 saturated heterocycles. The normalized spacial score (nSPS) is 17.1. The molecule has 0 radical (unpaired) electrons. The molecule has 0 unspecified atom stereocenters. The second-order valence-corrected chi connectivity index (χ2v) is 12.7. The molecule has 2 amide bonds. The van der Waals surface area contributed by atoms with Crippen molar-refractivity contribution in [3.63, 3.8) is 0 Å². The molecule has 2 saturated carbocycles. The summed E-state index contributed by atoms with van der Waals surface area (Å²) in [6.45, 7) is 1.58. The Morgan fingerprint density at radius 3 is 2.24 bits per heavy atom. The Balaban J connectivity index is 1.12. The molecule has 3 N–H and O–H groups in total. The highest BCUT2D eigenvalue weighted by molar-refractivity contribution is 5.94. The number of carbonyl (C=O) groups excluding carboxylic acids is 3. The largest absolute Gasteiger partial charge is 0.461 e. The van der Waals surface area contributed by atoms with Crippen LogP contribution in [0.5, 0.6) is 0 Å². The monoisotopic (exact) mass is 619 g/mol. The first kappa shape index (κ1) is 34.6. The van der Waals surface area contributed by atoms with Crippen molar-refractivity contribution in [3.05, 3.63) is 71.3 Å². The van der Waals surface area contributed by atoms with Crippen LogP contribution in [0.4, 0.5) is 0 Å². The molecular formula is C37H53N3O5. The third-order valence-corrected chi connectivity index (χ3v) is 9.00. The molecule has 8 heteroatoms. The molecule has 0 aromatic heterocycles. The van der Waals surface area contributed by atoms with E-state index in [9.17, 15) is 14.4 Å². The van der Waals surface area contributed by atoms with Crippen molar-refractivity contribution in [3.8, 4) is 0 Å². The molecule has 0 heterocycles. The van der Waals surface area contributed by atoms with E-state index in [1.165, 1.54) is 51.4 Å². The first-order chi connectivity index (χ1) is 22.1. The van der Waals surface area contributed by atoms with Gasteiger partial charge in [-0.2, -0.15) is 0 Å². The average Bonchev–Trinajstić information content (AvgIpc) is 3.61. The minimum atomic E-state index is -0.575. The third-order valence-electron chi connectivity index (χ3n) is 9.00. The lowest BCUT2D eigenvalue weighted by Gasteiger charge is -2.21. The molecule has 246 valence electrons. The summed E-state index contributed by atoms with van der Waals surface area (Å²) in [6.07, 6.45) is 17.1. The first-order valence-electron chi connectivity index (χ1n) is 17.3. The van der Waals surface area contributed by atoms with E-state index in [0.29, 0.717) is 37.6 Å². The van der Waals surface area contributed by atoms with Gasteiger partial charge >= 0.3 is 5.97 Å². The molecule has 0 aliphatic heterocycles. The molecule has 2 aliphatic carbocycles. The van der Waals surface area contributed by atoms with E-state index in [-0.39, 0.29) is 23.9 Å². The molecule has 0 bridgehead atoms. The van der Waals surface area contributed by atoms with Crippen molar-refractivity contribution in [2.45, 2.75) is 121 Å². The van der Waals surface area contributed by atoms with Crippen LogP contribution in [0.25, 0.3) is 0 Å². The van der Waals surface area contributed by atoms with Gasteiger partial charge in [-0.3, -0.25) is 19.7 Å². The number of carbonyl (C=O) groups is 3. The minimum Gasteiger partial charge on any atom is -0.461 e. The Bertz CT molecular complexity index is 1160. The minimum absolute atomic E-state index is 0.00114. The topological polar surface area (TPSA) is 106 Å². The number of rotatable bonds is 16. The van der Waals surface area contributed by atoms with Crippen LogP contribution < -0.4 is 16.1 Å². The van der Waals surface area contributed by atoms with Gasteiger partial charge in [-0.05, 0) is 80.5 Å². The number of ether oxygens (including phenoxy) is 1.